The normalized spacial score (nSPS) is 23.3. The van der Waals surface area contributed by atoms with Crippen LogP contribution in [0.1, 0.15) is 11.1 Å². The van der Waals surface area contributed by atoms with Gasteiger partial charge in [-0.15, -0.1) is 0 Å². The predicted molar refractivity (Wildman–Crippen MR) is 84.9 cm³/mol. The van der Waals surface area contributed by atoms with Crippen molar-refractivity contribution in [2.75, 3.05) is 5.32 Å². The van der Waals surface area contributed by atoms with Gasteiger partial charge in [-0.05, 0) is 29.0 Å². The van der Waals surface area contributed by atoms with Gasteiger partial charge >= 0.3 is 0 Å². The van der Waals surface area contributed by atoms with Crippen molar-refractivity contribution >= 4 is 16.5 Å². The van der Waals surface area contributed by atoms with Gasteiger partial charge in [-0.25, -0.2) is 4.39 Å². The SMILES string of the molecule is NC1Nc2ccccc2C1(O)c1cc(F)cc2ccccc12. The van der Waals surface area contributed by atoms with Crippen LogP contribution in [-0.4, -0.2) is 11.3 Å². The van der Waals surface area contributed by atoms with Gasteiger partial charge in [-0.2, -0.15) is 0 Å². The van der Waals surface area contributed by atoms with Crippen molar-refractivity contribution < 1.29 is 9.50 Å². The third-order valence-electron chi connectivity index (χ3n) is 4.34. The average Bonchev–Trinajstić information content (AvgIpc) is 2.79. The molecular formula is C18H15FN2O. The minimum atomic E-state index is -1.47. The molecule has 3 nitrogen and oxygen atoms in total. The fourth-order valence-corrected chi connectivity index (χ4v) is 3.28. The second kappa shape index (κ2) is 4.53. The molecule has 2 atom stereocenters. The quantitative estimate of drug-likeness (QED) is 0.647. The first-order valence-electron chi connectivity index (χ1n) is 7.13. The van der Waals surface area contributed by atoms with Crippen molar-refractivity contribution in [3.05, 3.63) is 77.6 Å². The Morgan fingerprint density at radius 1 is 1.00 bits per heavy atom. The predicted octanol–water partition coefficient (Wildman–Crippen LogP) is 2.93. The number of nitrogens with two attached hydrogens (primary N) is 1. The summed E-state index contributed by atoms with van der Waals surface area (Å²) in [6, 6.07) is 17.6. The second-order valence-corrected chi connectivity index (χ2v) is 5.61. The minimum Gasteiger partial charge on any atom is -0.377 e. The zero-order valence-corrected chi connectivity index (χ0v) is 11.8. The molecule has 0 fully saturated rings. The molecule has 0 radical (unpaired) electrons. The van der Waals surface area contributed by atoms with Gasteiger partial charge in [0, 0.05) is 16.8 Å². The average molecular weight is 294 g/mol. The van der Waals surface area contributed by atoms with Gasteiger partial charge in [-0.1, -0.05) is 42.5 Å². The zero-order valence-electron chi connectivity index (χ0n) is 11.8. The molecule has 0 amide bonds. The molecule has 0 spiro atoms. The van der Waals surface area contributed by atoms with E-state index in [1.165, 1.54) is 12.1 Å². The van der Waals surface area contributed by atoms with E-state index in [1.54, 1.807) is 0 Å². The van der Waals surface area contributed by atoms with E-state index >= 15 is 0 Å². The lowest BCUT2D eigenvalue weighted by Gasteiger charge is -2.29. The van der Waals surface area contributed by atoms with E-state index < -0.39 is 17.6 Å². The fraction of sp³-hybridized carbons (Fsp3) is 0.111. The molecule has 4 N–H and O–H groups in total. The number of aliphatic hydroxyl groups is 1. The Kier molecular flexibility index (Phi) is 2.73. The van der Waals surface area contributed by atoms with Crippen LogP contribution in [0, 0.1) is 5.82 Å². The van der Waals surface area contributed by atoms with Crippen LogP contribution in [-0.2, 0) is 5.60 Å². The highest BCUT2D eigenvalue weighted by Crippen LogP contribution is 2.44. The maximum Gasteiger partial charge on any atom is 0.150 e. The summed E-state index contributed by atoms with van der Waals surface area (Å²) in [6.45, 7) is 0. The summed E-state index contributed by atoms with van der Waals surface area (Å²) < 4.78 is 14.1. The standard InChI is InChI=1S/C18H15FN2O/c19-12-9-11-5-1-2-6-13(11)15(10-12)18(22)14-7-3-4-8-16(14)21-17(18)20/h1-10,17,21-22H,20H2. The number of para-hydroxylation sites is 1. The van der Waals surface area contributed by atoms with E-state index in [2.05, 4.69) is 5.32 Å². The number of nitrogens with one attached hydrogen (secondary N) is 1. The van der Waals surface area contributed by atoms with Crippen molar-refractivity contribution in [1.29, 1.82) is 0 Å². The number of benzene rings is 3. The topological polar surface area (TPSA) is 58.3 Å². The molecule has 4 rings (SSSR count). The van der Waals surface area contributed by atoms with Crippen LogP contribution < -0.4 is 11.1 Å². The first-order valence-corrected chi connectivity index (χ1v) is 7.13. The summed E-state index contributed by atoms with van der Waals surface area (Å²) in [5.74, 6) is -0.390. The monoisotopic (exact) mass is 294 g/mol. The summed E-state index contributed by atoms with van der Waals surface area (Å²) in [5, 5.41) is 16.0. The van der Waals surface area contributed by atoms with E-state index in [4.69, 9.17) is 5.73 Å². The number of fused-ring (bicyclic) bond motifs is 2. The molecule has 3 aromatic rings. The molecular weight excluding hydrogens is 279 g/mol. The van der Waals surface area contributed by atoms with Gasteiger partial charge in [0.2, 0.25) is 0 Å². The largest absolute Gasteiger partial charge is 0.377 e. The Labute approximate surface area is 127 Å². The summed E-state index contributed by atoms with van der Waals surface area (Å²) in [6.07, 6.45) is -0.741. The minimum absolute atomic E-state index is 0.390. The molecule has 1 aliphatic rings. The number of halogens is 1. The highest BCUT2D eigenvalue weighted by Gasteiger charge is 2.46. The molecule has 0 aliphatic carbocycles. The number of hydrogen-bond donors (Lipinski definition) is 3. The van der Waals surface area contributed by atoms with Crippen LogP contribution in [0.3, 0.4) is 0 Å². The first kappa shape index (κ1) is 13.2. The van der Waals surface area contributed by atoms with Gasteiger partial charge < -0.3 is 16.2 Å². The van der Waals surface area contributed by atoms with E-state index in [0.29, 0.717) is 11.1 Å². The van der Waals surface area contributed by atoms with Gasteiger partial charge in [-0.3, -0.25) is 0 Å². The lowest BCUT2D eigenvalue weighted by atomic mass is 9.83. The Morgan fingerprint density at radius 2 is 1.73 bits per heavy atom. The second-order valence-electron chi connectivity index (χ2n) is 5.61. The highest BCUT2D eigenvalue weighted by atomic mass is 19.1. The Bertz CT molecular complexity index is 880. The van der Waals surface area contributed by atoms with Crippen LogP contribution in [0.5, 0.6) is 0 Å². The summed E-state index contributed by atoms with van der Waals surface area (Å²) in [4.78, 5) is 0. The lowest BCUT2D eigenvalue weighted by molar-refractivity contribution is 0.0714. The molecule has 1 aliphatic heterocycles. The molecule has 110 valence electrons. The summed E-state index contributed by atoms with van der Waals surface area (Å²) in [7, 11) is 0. The molecule has 3 aromatic carbocycles. The molecule has 0 saturated carbocycles. The highest BCUT2D eigenvalue weighted by molar-refractivity contribution is 5.88. The Hall–Kier alpha value is -2.43. The summed E-state index contributed by atoms with van der Waals surface area (Å²) >= 11 is 0. The number of hydrogen-bond acceptors (Lipinski definition) is 3. The van der Waals surface area contributed by atoms with Crippen molar-refractivity contribution in [2.24, 2.45) is 5.73 Å². The molecule has 0 saturated heterocycles. The molecule has 22 heavy (non-hydrogen) atoms. The van der Waals surface area contributed by atoms with E-state index in [1.807, 2.05) is 48.5 Å². The Balaban J connectivity index is 2.06. The number of anilines is 1. The van der Waals surface area contributed by atoms with Crippen LogP contribution in [0.15, 0.2) is 60.7 Å². The van der Waals surface area contributed by atoms with Gasteiger partial charge in [0.05, 0.1) is 0 Å². The molecule has 0 bridgehead atoms. The maximum atomic E-state index is 14.1. The van der Waals surface area contributed by atoms with Gasteiger partial charge in [0.15, 0.2) is 5.60 Å². The van der Waals surface area contributed by atoms with Crippen molar-refractivity contribution in [3.63, 3.8) is 0 Å². The van der Waals surface area contributed by atoms with E-state index in [-0.39, 0.29) is 0 Å². The maximum absolute atomic E-state index is 14.1. The van der Waals surface area contributed by atoms with Gasteiger partial charge in [0.25, 0.3) is 0 Å². The van der Waals surface area contributed by atoms with E-state index in [9.17, 15) is 9.50 Å². The van der Waals surface area contributed by atoms with Crippen LogP contribution in [0.2, 0.25) is 0 Å². The van der Waals surface area contributed by atoms with Crippen LogP contribution in [0.25, 0.3) is 10.8 Å². The van der Waals surface area contributed by atoms with Crippen LogP contribution >= 0.6 is 0 Å². The molecule has 2 unspecified atom stereocenters. The molecule has 4 heteroatoms. The van der Waals surface area contributed by atoms with E-state index in [0.717, 1.165) is 16.5 Å². The Morgan fingerprint density at radius 3 is 2.59 bits per heavy atom. The fourth-order valence-electron chi connectivity index (χ4n) is 3.28. The van der Waals surface area contributed by atoms with Crippen molar-refractivity contribution in [2.45, 2.75) is 11.8 Å². The van der Waals surface area contributed by atoms with Crippen molar-refractivity contribution in [3.8, 4) is 0 Å². The zero-order chi connectivity index (χ0) is 15.3. The molecule has 0 aromatic heterocycles. The third kappa shape index (κ3) is 1.68. The summed E-state index contributed by atoms with van der Waals surface area (Å²) in [5.41, 5.74) is 6.59. The van der Waals surface area contributed by atoms with Crippen LogP contribution in [0.4, 0.5) is 10.1 Å². The third-order valence-corrected chi connectivity index (χ3v) is 4.34. The van der Waals surface area contributed by atoms with Gasteiger partial charge in [0.1, 0.15) is 12.0 Å². The first-order chi connectivity index (χ1) is 10.6. The smallest absolute Gasteiger partial charge is 0.150 e. The molecule has 1 heterocycles. The lowest BCUT2D eigenvalue weighted by Crippen LogP contribution is -2.46. The van der Waals surface area contributed by atoms with Crippen molar-refractivity contribution in [1.82, 2.24) is 0 Å². The number of rotatable bonds is 1.